The molecule has 1 fully saturated rings. The summed E-state index contributed by atoms with van der Waals surface area (Å²) >= 11 is 0. The Morgan fingerprint density at radius 3 is 2.89 bits per heavy atom. The zero-order valence-corrected chi connectivity index (χ0v) is 11.3. The van der Waals surface area contributed by atoms with Gasteiger partial charge in [-0.15, -0.1) is 0 Å². The number of hydrogen-bond donors (Lipinski definition) is 0. The number of hydrogen-bond acceptors (Lipinski definition) is 2. The van der Waals surface area contributed by atoms with Crippen molar-refractivity contribution in [1.29, 1.82) is 0 Å². The fourth-order valence-electron chi connectivity index (χ4n) is 3.03. The van der Waals surface area contributed by atoms with Crippen molar-refractivity contribution in [3.8, 4) is 0 Å². The molecule has 2 aliphatic heterocycles. The average Bonchev–Trinajstić information content (AvgIpc) is 2.61. The summed E-state index contributed by atoms with van der Waals surface area (Å²) in [6, 6.07) is 5.90. The summed E-state index contributed by atoms with van der Waals surface area (Å²) in [7, 11) is -3.37. The Morgan fingerprint density at radius 1 is 1.32 bits per heavy atom. The van der Waals surface area contributed by atoms with E-state index in [1.54, 1.807) is 16.4 Å². The van der Waals surface area contributed by atoms with Crippen LogP contribution in [0.2, 0.25) is 0 Å². The molecule has 3 rings (SSSR count). The molecule has 0 aliphatic carbocycles. The van der Waals surface area contributed by atoms with Gasteiger partial charge in [0.2, 0.25) is 10.0 Å². The van der Waals surface area contributed by atoms with Crippen molar-refractivity contribution in [1.82, 2.24) is 4.31 Å². The molecule has 0 radical (unpaired) electrons. The quantitative estimate of drug-likeness (QED) is 0.798. The molecule has 2 aliphatic rings. The van der Waals surface area contributed by atoms with Gasteiger partial charge in [0.05, 0.1) is 5.75 Å². The minimum absolute atomic E-state index is 0.00249. The van der Waals surface area contributed by atoms with Gasteiger partial charge in [0, 0.05) is 12.1 Å². The lowest BCUT2D eigenvalue weighted by atomic mass is 10.2. The second kappa shape index (κ2) is 4.72. The van der Waals surface area contributed by atoms with E-state index in [0.717, 1.165) is 19.3 Å². The predicted molar refractivity (Wildman–Crippen MR) is 71.4 cm³/mol. The molecular weight excluding hydrogens is 265 g/mol. The van der Waals surface area contributed by atoms with Crippen LogP contribution in [0.15, 0.2) is 36.4 Å². The van der Waals surface area contributed by atoms with Crippen LogP contribution in [0.3, 0.4) is 0 Å². The lowest BCUT2D eigenvalue weighted by Crippen LogP contribution is -2.42. The first-order valence-electron chi connectivity index (χ1n) is 6.48. The molecular formula is C14H16FNO2S. The lowest BCUT2D eigenvalue weighted by Gasteiger charge is -2.30. The standard InChI is InChI=1S/C14H16FNO2S/c15-12-4-1-3-11(9-12)10-19(17,18)16-13-5-2-6-14(16)8-7-13/h1-5,9,13-14H,6-8,10H2. The molecule has 3 nitrogen and oxygen atoms in total. The van der Waals surface area contributed by atoms with E-state index < -0.39 is 15.8 Å². The van der Waals surface area contributed by atoms with Gasteiger partial charge in [0.1, 0.15) is 5.82 Å². The van der Waals surface area contributed by atoms with Crippen LogP contribution in [0.25, 0.3) is 0 Å². The van der Waals surface area contributed by atoms with Crippen LogP contribution in [0, 0.1) is 5.82 Å². The van der Waals surface area contributed by atoms with E-state index in [-0.39, 0.29) is 17.8 Å². The summed E-state index contributed by atoms with van der Waals surface area (Å²) in [5.74, 6) is -0.514. The van der Waals surface area contributed by atoms with Gasteiger partial charge >= 0.3 is 0 Å². The smallest absolute Gasteiger partial charge is 0.212 e. The van der Waals surface area contributed by atoms with E-state index in [1.165, 1.54) is 12.1 Å². The molecule has 2 atom stereocenters. The second-order valence-corrected chi connectivity index (χ2v) is 7.05. The fourth-order valence-corrected chi connectivity index (χ4v) is 5.01. The third-order valence-electron chi connectivity index (χ3n) is 3.81. The van der Waals surface area contributed by atoms with E-state index >= 15 is 0 Å². The number of halogens is 1. The zero-order chi connectivity index (χ0) is 13.5. The van der Waals surface area contributed by atoms with Crippen LogP contribution in [-0.2, 0) is 15.8 Å². The number of rotatable bonds is 3. The highest BCUT2D eigenvalue weighted by atomic mass is 32.2. The fraction of sp³-hybridized carbons (Fsp3) is 0.429. The molecule has 0 saturated carbocycles. The maximum Gasteiger partial charge on any atom is 0.219 e. The van der Waals surface area contributed by atoms with Crippen molar-refractivity contribution in [2.75, 3.05) is 0 Å². The Labute approximate surface area is 112 Å². The topological polar surface area (TPSA) is 37.4 Å². The van der Waals surface area contributed by atoms with Gasteiger partial charge in [-0.3, -0.25) is 0 Å². The minimum Gasteiger partial charge on any atom is -0.212 e. The van der Waals surface area contributed by atoms with Crippen molar-refractivity contribution in [2.45, 2.75) is 37.1 Å². The lowest BCUT2D eigenvalue weighted by molar-refractivity contribution is 0.340. The Balaban J connectivity index is 1.86. The molecule has 2 unspecified atom stereocenters. The van der Waals surface area contributed by atoms with Gasteiger partial charge in [-0.05, 0) is 37.0 Å². The number of sulfonamides is 1. The molecule has 5 heteroatoms. The van der Waals surface area contributed by atoms with Crippen LogP contribution >= 0.6 is 0 Å². The van der Waals surface area contributed by atoms with Crippen LogP contribution in [0.4, 0.5) is 4.39 Å². The van der Waals surface area contributed by atoms with Gasteiger partial charge in [-0.2, -0.15) is 4.31 Å². The number of fused-ring (bicyclic) bond motifs is 2. The monoisotopic (exact) mass is 281 g/mol. The van der Waals surface area contributed by atoms with E-state index in [2.05, 4.69) is 6.08 Å². The number of benzene rings is 1. The van der Waals surface area contributed by atoms with E-state index in [1.807, 2.05) is 6.08 Å². The van der Waals surface area contributed by atoms with Crippen LogP contribution in [-0.4, -0.2) is 24.8 Å². The third kappa shape index (κ3) is 2.44. The van der Waals surface area contributed by atoms with Gasteiger partial charge in [-0.25, -0.2) is 12.8 Å². The molecule has 2 bridgehead atoms. The van der Waals surface area contributed by atoms with Crippen molar-refractivity contribution in [3.05, 3.63) is 47.8 Å². The highest BCUT2D eigenvalue weighted by Crippen LogP contribution is 2.34. The Hall–Kier alpha value is -1.20. The normalized spacial score (nSPS) is 26.8. The molecule has 102 valence electrons. The molecule has 0 aromatic heterocycles. The highest BCUT2D eigenvalue weighted by Gasteiger charge is 2.41. The summed E-state index contributed by atoms with van der Waals surface area (Å²) in [5, 5.41) is 0. The second-order valence-electron chi connectivity index (χ2n) is 5.18. The molecule has 0 spiro atoms. The van der Waals surface area contributed by atoms with Crippen LogP contribution < -0.4 is 0 Å². The van der Waals surface area contributed by atoms with E-state index in [4.69, 9.17) is 0 Å². The SMILES string of the molecule is O=S(=O)(Cc1cccc(F)c1)N1C2C=CCC1CC2. The first-order valence-corrected chi connectivity index (χ1v) is 8.09. The maximum absolute atomic E-state index is 13.1. The Morgan fingerprint density at radius 2 is 2.16 bits per heavy atom. The largest absolute Gasteiger partial charge is 0.219 e. The molecule has 1 aromatic rings. The Bertz CT molecular complexity index is 612. The Kier molecular flexibility index (Phi) is 3.19. The molecule has 0 amide bonds. The molecule has 1 saturated heterocycles. The van der Waals surface area contributed by atoms with Crippen LogP contribution in [0.5, 0.6) is 0 Å². The van der Waals surface area contributed by atoms with Gasteiger partial charge < -0.3 is 0 Å². The minimum atomic E-state index is -3.37. The van der Waals surface area contributed by atoms with Crippen molar-refractivity contribution in [3.63, 3.8) is 0 Å². The van der Waals surface area contributed by atoms with Gasteiger partial charge in [0.25, 0.3) is 0 Å². The molecule has 1 aromatic carbocycles. The first kappa shape index (κ1) is 12.8. The molecule has 0 N–H and O–H groups in total. The van der Waals surface area contributed by atoms with Crippen molar-refractivity contribution >= 4 is 10.0 Å². The summed E-state index contributed by atoms with van der Waals surface area (Å²) < 4.78 is 39.7. The van der Waals surface area contributed by atoms with E-state index in [0.29, 0.717) is 5.56 Å². The summed E-state index contributed by atoms with van der Waals surface area (Å²) in [6.07, 6.45) is 6.64. The summed E-state index contributed by atoms with van der Waals surface area (Å²) in [6.45, 7) is 0. The maximum atomic E-state index is 13.1. The van der Waals surface area contributed by atoms with Gasteiger partial charge in [0.15, 0.2) is 0 Å². The third-order valence-corrected chi connectivity index (χ3v) is 5.72. The zero-order valence-electron chi connectivity index (χ0n) is 10.5. The first-order chi connectivity index (χ1) is 9.06. The van der Waals surface area contributed by atoms with Gasteiger partial charge in [-0.1, -0.05) is 24.3 Å². The summed E-state index contributed by atoms with van der Waals surface area (Å²) in [4.78, 5) is 0. The highest BCUT2D eigenvalue weighted by molar-refractivity contribution is 7.88. The summed E-state index contributed by atoms with van der Waals surface area (Å²) in [5.41, 5.74) is 0.508. The number of nitrogens with zero attached hydrogens (tertiary/aromatic N) is 1. The van der Waals surface area contributed by atoms with Crippen molar-refractivity contribution in [2.24, 2.45) is 0 Å². The molecule has 19 heavy (non-hydrogen) atoms. The van der Waals surface area contributed by atoms with E-state index in [9.17, 15) is 12.8 Å². The molecule has 2 heterocycles. The predicted octanol–water partition coefficient (Wildman–Crippen LogP) is 2.45. The van der Waals surface area contributed by atoms with Crippen LogP contribution in [0.1, 0.15) is 24.8 Å². The van der Waals surface area contributed by atoms with Crippen molar-refractivity contribution < 1.29 is 12.8 Å². The average molecular weight is 281 g/mol.